The van der Waals surface area contributed by atoms with Crippen molar-refractivity contribution >= 4 is 45.0 Å². The fourth-order valence-electron chi connectivity index (χ4n) is 3.77. The lowest BCUT2D eigenvalue weighted by atomic mass is 9.99. The van der Waals surface area contributed by atoms with Crippen LogP contribution in [0, 0.1) is 0 Å². The van der Waals surface area contributed by atoms with Crippen LogP contribution in [0.4, 0.5) is 10.5 Å². The number of carbonyl (C=O) groups excluding carboxylic acids is 1. The number of anilines is 1. The lowest BCUT2D eigenvalue weighted by molar-refractivity contribution is -0.126. The van der Waals surface area contributed by atoms with Crippen LogP contribution in [0.25, 0.3) is 21.8 Å². The summed E-state index contributed by atoms with van der Waals surface area (Å²) < 4.78 is 6.60. The maximum Gasteiger partial charge on any atom is 0.410 e. The van der Waals surface area contributed by atoms with Gasteiger partial charge in [0, 0.05) is 26.7 Å². The summed E-state index contributed by atoms with van der Waals surface area (Å²) in [6, 6.07) is 15.3. The summed E-state index contributed by atoms with van der Waals surface area (Å²) in [5.74, 6) is -0.440. The Balaban J connectivity index is 1.49. The Morgan fingerprint density at radius 1 is 1.09 bits per heavy atom. The van der Waals surface area contributed by atoms with Crippen LogP contribution in [0.3, 0.4) is 0 Å². The number of carboxylic acid groups (broad SMARTS) is 1. The topological polar surface area (TPSA) is 91.8 Å². The minimum atomic E-state index is -1.33. The van der Waals surface area contributed by atoms with E-state index in [2.05, 4.69) is 21.2 Å². The van der Waals surface area contributed by atoms with E-state index in [0.29, 0.717) is 5.69 Å². The molecule has 9 heteroatoms. The summed E-state index contributed by atoms with van der Waals surface area (Å²) in [5.41, 5.74) is 0.971. The fourth-order valence-corrected chi connectivity index (χ4v) is 4.87. The lowest BCUT2D eigenvalue weighted by Crippen LogP contribution is -2.59. The van der Waals surface area contributed by atoms with E-state index in [1.165, 1.54) is 0 Å². The van der Waals surface area contributed by atoms with Gasteiger partial charge in [0.1, 0.15) is 16.3 Å². The second-order valence-corrected chi connectivity index (χ2v) is 9.98. The minimum Gasteiger partial charge on any atom is -0.465 e. The van der Waals surface area contributed by atoms with Crippen LogP contribution in [-0.2, 0) is 9.53 Å². The molecule has 1 fully saturated rings. The summed E-state index contributed by atoms with van der Waals surface area (Å²) in [7, 11) is 0. The highest BCUT2D eigenvalue weighted by Gasteiger charge is 2.56. The number of nitrogens with zero attached hydrogens (tertiary/aromatic N) is 2. The van der Waals surface area contributed by atoms with Crippen LogP contribution >= 0.6 is 27.3 Å². The van der Waals surface area contributed by atoms with Crippen molar-refractivity contribution in [3.63, 3.8) is 0 Å². The first-order valence-electron chi connectivity index (χ1n) is 9.91. The maximum absolute atomic E-state index is 13.0. The Bertz CT molecular complexity index is 1160. The first-order chi connectivity index (χ1) is 15.1. The molecule has 32 heavy (non-hydrogen) atoms. The molecule has 3 aromatic rings. The van der Waals surface area contributed by atoms with Gasteiger partial charge in [0.25, 0.3) is 5.91 Å². The molecular weight excluding hydrogens is 494 g/mol. The van der Waals surface area contributed by atoms with Crippen LogP contribution in [0.5, 0.6) is 0 Å². The van der Waals surface area contributed by atoms with Crippen molar-refractivity contribution in [2.45, 2.75) is 32.0 Å². The number of aromatic nitrogens is 1. The molecule has 0 bridgehead atoms. The summed E-state index contributed by atoms with van der Waals surface area (Å²) in [6.07, 6.45) is -1.20. The van der Waals surface area contributed by atoms with E-state index >= 15 is 0 Å². The van der Waals surface area contributed by atoms with Crippen molar-refractivity contribution in [3.05, 3.63) is 58.4 Å². The number of carbonyl (C=O) groups is 2. The van der Waals surface area contributed by atoms with Gasteiger partial charge in [0.2, 0.25) is 0 Å². The molecule has 1 aliphatic rings. The highest BCUT2D eigenvalue weighted by atomic mass is 79.9. The van der Waals surface area contributed by atoms with E-state index in [1.54, 1.807) is 44.2 Å². The number of thiazole rings is 1. The Hall–Kier alpha value is -2.75. The van der Waals surface area contributed by atoms with E-state index in [9.17, 15) is 14.7 Å². The third kappa shape index (κ3) is 4.15. The SMILES string of the molecule is CC1(C)OCC(C)(C(=O)Nc2ccc(-c3csc(-c4ccc(Br)cc4)n3)cc2)N1C(=O)O. The number of ether oxygens (including phenoxy) is 1. The Morgan fingerprint density at radius 3 is 2.34 bits per heavy atom. The van der Waals surface area contributed by atoms with Crippen molar-refractivity contribution in [2.24, 2.45) is 0 Å². The average molecular weight is 516 g/mol. The van der Waals surface area contributed by atoms with Gasteiger partial charge >= 0.3 is 6.09 Å². The van der Waals surface area contributed by atoms with Crippen LogP contribution in [0.1, 0.15) is 20.8 Å². The van der Waals surface area contributed by atoms with Crippen molar-refractivity contribution in [3.8, 4) is 21.8 Å². The molecule has 1 atom stereocenters. The molecule has 1 saturated heterocycles. The van der Waals surface area contributed by atoms with Gasteiger partial charge in [-0.25, -0.2) is 9.78 Å². The van der Waals surface area contributed by atoms with Gasteiger partial charge < -0.3 is 15.2 Å². The molecule has 4 rings (SSSR count). The molecule has 0 radical (unpaired) electrons. The number of nitrogens with one attached hydrogen (secondary N) is 1. The summed E-state index contributed by atoms with van der Waals surface area (Å²) >= 11 is 5.00. The zero-order valence-electron chi connectivity index (χ0n) is 17.8. The number of benzene rings is 2. The van der Waals surface area contributed by atoms with E-state index < -0.39 is 23.3 Å². The number of hydrogen-bond acceptors (Lipinski definition) is 5. The summed E-state index contributed by atoms with van der Waals surface area (Å²) in [4.78, 5) is 30.5. The third-order valence-corrected chi connectivity index (χ3v) is 6.87. The van der Waals surface area contributed by atoms with Crippen LogP contribution in [0.15, 0.2) is 58.4 Å². The molecular formula is C23H22BrN3O4S. The summed E-state index contributed by atoms with van der Waals surface area (Å²) in [6.45, 7) is 4.81. The van der Waals surface area contributed by atoms with Gasteiger partial charge in [-0.15, -0.1) is 11.3 Å². The monoisotopic (exact) mass is 515 g/mol. The molecule has 1 aromatic heterocycles. The second kappa shape index (κ2) is 8.31. The lowest BCUT2D eigenvalue weighted by Gasteiger charge is -2.36. The molecule has 0 spiro atoms. The highest BCUT2D eigenvalue weighted by Crippen LogP contribution is 2.36. The van der Waals surface area contributed by atoms with Gasteiger partial charge in [0.15, 0.2) is 0 Å². The quantitative estimate of drug-likeness (QED) is 0.466. The van der Waals surface area contributed by atoms with Crippen LogP contribution < -0.4 is 5.32 Å². The largest absolute Gasteiger partial charge is 0.465 e. The molecule has 1 unspecified atom stereocenters. The number of hydrogen-bond donors (Lipinski definition) is 2. The van der Waals surface area contributed by atoms with Gasteiger partial charge in [-0.1, -0.05) is 40.2 Å². The van der Waals surface area contributed by atoms with Crippen LogP contribution in [-0.4, -0.2) is 44.9 Å². The normalized spacial score (nSPS) is 19.7. The predicted molar refractivity (Wildman–Crippen MR) is 128 cm³/mol. The van der Waals surface area contributed by atoms with Crippen molar-refractivity contribution < 1.29 is 19.4 Å². The Labute approximate surface area is 198 Å². The first-order valence-corrected chi connectivity index (χ1v) is 11.6. The standard InChI is InChI=1S/C23H22BrN3O4S/c1-22(2)27(21(29)30)23(3,13-31-22)20(28)25-17-10-6-14(7-11-17)18-12-32-19(26-18)15-4-8-16(24)9-5-15/h4-12H,13H2,1-3H3,(H,25,28)(H,29,30). The van der Waals surface area contributed by atoms with Gasteiger partial charge in [-0.3, -0.25) is 9.69 Å². The minimum absolute atomic E-state index is 0.0200. The van der Waals surface area contributed by atoms with E-state index in [-0.39, 0.29) is 6.61 Å². The zero-order valence-corrected chi connectivity index (χ0v) is 20.2. The van der Waals surface area contributed by atoms with Gasteiger partial charge in [-0.2, -0.15) is 0 Å². The fraction of sp³-hybridized carbons (Fsp3) is 0.261. The molecule has 1 aliphatic heterocycles. The zero-order chi connectivity index (χ0) is 23.1. The number of rotatable bonds is 4. The first kappa shape index (κ1) is 22.4. The Kier molecular flexibility index (Phi) is 5.83. The predicted octanol–water partition coefficient (Wildman–Crippen LogP) is 5.68. The van der Waals surface area contributed by atoms with Crippen molar-refractivity contribution in [1.82, 2.24) is 9.88 Å². The van der Waals surface area contributed by atoms with Crippen molar-refractivity contribution in [1.29, 1.82) is 0 Å². The van der Waals surface area contributed by atoms with E-state index in [0.717, 1.165) is 31.2 Å². The molecule has 2 N–H and O–H groups in total. The third-order valence-electron chi connectivity index (χ3n) is 5.45. The highest BCUT2D eigenvalue weighted by molar-refractivity contribution is 9.10. The van der Waals surface area contributed by atoms with Crippen LogP contribution in [0.2, 0.25) is 0 Å². The molecule has 2 amide bonds. The molecule has 2 heterocycles. The molecule has 2 aromatic carbocycles. The van der Waals surface area contributed by atoms with E-state index in [1.807, 2.05) is 41.8 Å². The number of halogens is 1. The van der Waals surface area contributed by atoms with Crippen molar-refractivity contribution in [2.75, 3.05) is 11.9 Å². The molecule has 0 saturated carbocycles. The smallest absolute Gasteiger partial charge is 0.410 e. The van der Waals surface area contributed by atoms with E-state index in [4.69, 9.17) is 9.72 Å². The molecule has 166 valence electrons. The second-order valence-electron chi connectivity index (χ2n) is 8.20. The maximum atomic E-state index is 13.0. The Morgan fingerprint density at radius 2 is 1.72 bits per heavy atom. The molecule has 7 nitrogen and oxygen atoms in total. The number of amides is 2. The molecule has 0 aliphatic carbocycles. The van der Waals surface area contributed by atoms with Gasteiger partial charge in [-0.05, 0) is 45.0 Å². The average Bonchev–Trinajstić information content (AvgIpc) is 3.32. The summed E-state index contributed by atoms with van der Waals surface area (Å²) in [5, 5.41) is 15.4. The van der Waals surface area contributed by atoms with Gasteiger partial charge in [0.05, 0.1) is 12.3 Å².